The molecule has 5 nitrogen and oxygen atoms in total. The standard InChI is InChI=1S/C22H23ClF2N2O3S/c1-3-21(11-10-15-16(21)6-4-7-17(15)23)20(28)26-31(29,30)19-9-5-8-18(14(19)2)27-12-22(24,25)13-27/h4-9H,3,10-13H2,1-2H3,(H,26,28). The van der Waals surface area contributed by atoms with Crippen LogP contribution in [0.2, 0.25) is 5.02 Å². The molecule has 9 heteroatoms. The normalized spacial score (nSPS) is 22.0. The van der Waals surface area contributed by atoms with E-state index < -0.39 is 40.4 Å². The summed E-state index contributed by atoms with van der Waals surface area (Å²) in [5.74, 6) is -3.38. The van der Waals surface area contributed by atoms with E-state index in [-0.39, 0.29) is 4.90 Å². The van der Waals surface area contributed by atoms with Crippen LogP contribution in [0.15, 0.2) is 41.3 Å². The van der Waals surface area contributed by atoms with Gasteiger partial charge in [0.1, 0.15) is 0 Å². The van der Waals surface area contributed by atoms with Gasteiger partial charge in [-0.25, -0.2) is 21.9 Å². The summed E-state index contributed by atoms with van der Waals surface area (Å²) in [4.78, 5) is 14.6. The number of halogens is 3. The molecule has 2 aromatic rings. The second kappa shape index (κ2) is 7.45. The molecule has 2 aromatic carbocycles. The fraction of sp³-hybridized carbons (Fsp3) is 0.409. The van der Waals surface area contributed by atoms with Crippen LogP contribution in [-0.4, -0.2) is 33.3 Å². The highest BCUT2D eigenvalue weighted by molar-refractivity contribution is 7.90. The highest BCUT2D eigenvalue weighted by Crippen LogP contribution is 2.44. The number of carbonyl (C=O) groups is 1. The zero-order chi connectivity index (χ0) is 22.6. The number of nitrogens with one attached hydrogen (secondary N) is 1. The van der Waals surface area contributed by atoms with E-state index in [0.29, 0.717) is 35.5 Å². The predicted molar refractivity (Wildman–Crippen MR) is 115 cm³/mol. The van der Waals surface area contributed by atoms with Gasteiger partial charge in [-0.05, 0) is 61.1 Å². The molecule has 4 rings (SSSR count). The summed E-state index contributed by atoms with van der Waals surface area (Å²) in [5.41, 5.74) is 1.39. The molecule has 0 radical (unpaired) electrons. The van der Waals surface area contributed by atoms with Gasteiger partial charge in [0.25, 0.3) is 15.9 Å². The van der Waals surface area contributed by atoms with Crippen molar-refractivity contribution >= 4 is 33.2 Å². The van der Waals surface area contributed by atoms with Crippen molar-refractivity contribution in [3.05, 3.63) is 58.1 Å². The lowest BCUT2D eigenvalue weighted by Gasteiger charge is -2.41. The van der Waals surface area contributed by atoms with E-state index >= 15 is 0 Å². The van der Waals surface area contributed by atoms with Crippen molar-refractivity contribution in [1.82, 2.24) is 4.72 Å². The molecular weight excluding hydrogens is 446 g/mol. The minimum atomic E-state index is -4.20. The number of nitrogens with zero attached hydrogens (tertiary/aromatic N) is 1. The molecule has 1 N–H and O–H groups in total. The Kier molecular flexibility index (Phi) is 5.29. The molecule has 1 atom stereocenters. The van der Waals surface area contributed by atoms with Crippen LogP contribution in [0.5, 0.6) is 0 Å². The zero-order valence-corrected chi connectivity index (χ0v) is 18.8. The number of sulfonamides is 1. The number of alkyl halides is 2. The van der Waals surface area contributed by atoms with E-state index in [9.17, 15) is 22.0 Å². The molecule has 31 heavy (non-hydrogen) atoms. The number of anilines is 1. The Morgan fingerprint density at radius 2 is 1.87 bits per heavy atom. The number of amides is 1. The topological polar surface area (TPSA) is 66.5 Å². The van der Waals surface area contributed by atoms with E-state index in [0.717, 1.165) is 11.1 Å². The summed E-state index contributed by atoms with van der Waals surface area (Å²) in [6.07, 6.45) is 1.48. The van der Waals surface area contributed by atoms with Gasteiger partial charge in [0.05, 0.1) is 23.4 Å². The van der Waals surface area contributed by atoms with E-state index in [4.69, 9.17) is 11.6 Å². The minimum absolute atomic E-state index is 0.0934. The van der Waals surface area contributed by atoms with Gasteiger partial charge in [0, 0.05) is 10.7 Å². The van der Waals surface area contributed by atoms with Crippen molar-refractivity contribution in [2.24, 2.45) is 0 Å². The molecular formula is C22H23ClF2N2O3S. The summed E-state index contributed by atoms with van der Waals surface area (Å²) in [7, 11) is -4.20. The summed E-state index contributed by atoms with van der Waals surface area (Å²) < 4.78 is 55.1. The second-order valence-corrected chi connectivity index (χ2v) is 10.3. The van der Waals surface area contributed by atoms with Crippen molar-refractivity contribution in [3.63, 3.8) is 0 Å². The third kappa shape index (κ3) is 3.59. The maximum atomic E-state index is 13.3. The molecule has 1 aliphatic heterocycles. The molecule has 1 unspecified atom stereocenters. The number of fused-ring (bicyclic) bond motifs is 1. The van der Waals surface area contributed by atoms with Gasteiger partial charge in [-0.15, -0.1) is 0 Å². The Bertz CT molecular complexity index is 1160. The van der Waals surface area contributed by atoms with Gasteiger partial charge < -0.3 is 4.90 Å². The fourth-order valence-corrected chi connectivity index (χ4v) is 6.28. The van der Waals surface area contributed by atoms with E-state index in [1.165, 1.54) is 17.0 Å². The number of benzene rings is 2. The molecule has 0 aromatic heterocycles. The van der Waals surface area contributed by atoms with Crippen LogP contribution in [-0.2, 0) is 26.7 Å². The molecule has 1 aliphatic carbocycles. The van der Waals surface area contributed by atoms with Gasteiger partial charge >= 0.3 is 0 Å². The smallest absolute Gasteiger partial charge is 0.282 e. The summed E-state index contributed by atoms with van der Waals surface area (Å²) in [6, 6.07) is 9.82. The van der Waals surface area contributed by atoms with Gasteiger partial charge in [0.15, 0.2) is 0 Å². The van der Waals surface area contributed by atoms with E-state index in [1.54, 1.807) is 25.1 Å². The van der Waals surface area contributed by atoms with E-state index in [1.807, 2.05) is 13.0 Å². The maximum absolute atomic E-state index is 13.3. The Morgan fingerprint density at radius 1 is 1.19 bits per heavy atom. The lowest BCUT2D eigenvalue weighted by atomic mass is 9.79. The maximum Gasteiger partial charge on any atom is 0.282 e. The average Bonchev–Trinajstić information content (AvgIpc) is 3.07. The van der Waals surface area contributed by atoms with Crippen LogP contribution in [0.4, 0.5) is 14.5 Å². The molecule has 1 heterocycles. The largest absolute Gasteiger partial charge is 0.359 e. The molecule has 1 fully saturated rings. The second-order valence-electron chi connectivity index (χ2n) is 8.25. The highest BCUT2D eigenvalue weighted by atomic mass is 35.5. The molecule has 0 bridgehead atoms. The Balaban J connectivity index is 1.65. The van der Waals surface area contributed by atoms with E-state index in [2.05, 4.69) is 4.72 Å². The SMILES string of the molecule is CCC1(C(=O)NS(=O)(=O)c2cccc(N3CC(F)(F)C3)c2C)CCc2c(Cl)cccc21. The van der Waals surface area contributed by atoms with Gasteiger partial charge in [0.2, 0.25) is 5.91 Å². The van der Waals surface area contributed by atoms with Crippen molar-refractivity contribution in [2.45, 2.75) is 49.3 Å². The summed E-state index contributed by atoms with van der Waals surface area (Å²) in [5, 5.41) is 0.568. The highest BCUT2D eigenvalue weighted by Gasteiger charge is 2.47. The van der Waals surface area contributed by atoms with Gasteiger partial charge in [-0.3, -0.25) is 4.79 Å². The zero-order valence-electron chi connectivity index (χ0n) is 17.2. The third-order valence-electron chi connectivity index (χ3n) is 6.43. The van der Waals surface area contributed by atoms with Crippen molar-refractivity contribution in [1.29, 1.82) is 0 Å². The van der Waals surface area contributed by atoms with Crippen LogP contribution in [0, 0.1) is 6.92 Å². The first kappa shape index (κ1) is 22.0. The predicted octanol–water partition coefficient (Wildman–Crippen LogP) is 4.20. The Hall–Kier alpha value is -2.19. The number of hydrogen-bond donors (Lipinski definition) is 1. The van der Waals surface area contributed by atoms with Crippen LogP contribution in [0.3, 0.4) is 0 Å². The first-order valence-electron chi connectivity index (χ1n) is 10.1. The molecule has 0 saturated carbocycles. The van der Waals surface area contributed by atoms with Crippen LogP contribution in [0.1, 0.15) is 36.5 Å². The first-order chi connectivity index (χ1) is 14.5. The molecule has 1 saturated heterocycles. The minimum Gasteiger partial charge on any atom is -0.359 e. The van der Waals surface area contributed by atoms with Crippen LogP contribution >= 0.6 is 11.6 Å². The Morgan fingerprint density at radius 3 is 2.52 bits per heavy atom. The van der Waals surface area contributed by atoms with Gasteiger partial charge in [-0.2, -0.15) is 0 Å². The Labute approximate surface area is 185 Å². The van der Waals surface area contributed by atoms with Crippen molar-refractivity contribution in [2.75, 3.05) is 18.0 Å². The monoisotopic (exact) mass is 468 g/mol. The average molecular weight is 469 g/mol. The molecule has 166 valence electrons. The number of carbonyl (C=O) groups excluding carboxylic acids is 1. The molecule has 2 aliphatic rings. The number of rotatable bonds is 5. The van der Waals surface area contributed by atoms with Crippen molar-refractivity contribution < 1.29 is 22.0 Å². The van der Waals surface area contributed by atoms with Crippen molar-refractivity contribution in [3.8, 4) is 0 Å². The quantitative estimate of drug-likeness (QED) is 0.714. The van der Waals surface area contributed by atoms with Gasteiger partial charge in [-0.1, -0.05) is 36.7 Å². The first-order valence-corrected chi connectivity index (χ1v) is 11.9. The number of hydrogen-bond acceptors (Lipinski definition) is 4. The lowest BCUT2D eigenvalue weighted by Crippen LogP contribution is -2.56. The molecule has 1 amide bonds. The van der Waals surface area contributed by atoms with Crippen LogP contribution < -0.4 is 9.62 Å². The summed E-state index contributed by atoms with van der Waals surface area (Å²) >= 11 is 6.29. The lowest BCUT2D eigenvalue weighted by molar-refractivity contribution is -0.125. The molecule has 0 spiro atoms. The summed E-state index contributed by atoms with van der Waals surface area (Å²) in [6.45, 7) is 2.49. The van der Waals surface area contributed by atoms with Crippen LogP contribution in [0.25, 0.3) is 0 Å². The third-order valence-corrected chi connectivity index (χ3v) is 8.26. The fourth-order valence-electron chi connectivity index (χ4n) is 4.69.